The van der Waals surface area contributed by atoms with Crippen LogP contribution in [-0.2, 0) is 4.74 Å². The van der Waals surface area contributed by atoms with Gasteiger partial charge in [-0.1, -0.05) is 19.8 Å². The Morgan fingerprint density at radius 2 is 1.87 bits per heavy atom. The molecule has 2 fully saturated rings. The van der Waals surface area contributed by atoms with E-state index < -0.39 is 0 Å². The third-order valence-electron chi connectivity index (χ3n) is 4.60. The highest BCUT2D eigenvalue weighted by molar-refractivity contribution is 5.04. The van der Waals surface area contributed by atoms with Crippen molar-refractivity contribution >= 4 is 0 Å². The van der Waals surface area contributed by atoms with Gasteiger partial charge in [0.2, 0.25) is 0 Å². The van der Waals surface area contributed by atoms with Gasteiger partial charge in [-0.3, -0.25) is 0 Å². The van der Waals surface area contributed by atoms with Gasteiger partial charge < -0.3 is 10.5 Å². The molecule has 0 aromatic rings. The molecule has 0 radical (unpaired) electrons. The van der Waals surface area contributed by atoms with E-state index >= 15 is 0 Å². The van der Waals surface area contributed by atoms with Crippen molar-refractivity contribution in [3.63, 3.8) is 0 Å². The monoisotopic (exact) mass is 211 g/mol. The fourth-order valence-corrected chi connectivity index (χ4v) is 3.49. The van der Waals surface area contributed by atoms with Crippen LogP contribution in [0.2, 0.25) is 0 Å². The maximum atomic E-state index is 6.37. The predicted octanol–water partition coefficient (Wildman–Crippen LogP) is 2.42. The molecule has 0 spiro atoms. The number of hydrogen-bond acceptors (Lipinski definition) is 2. The van der Waals surface area contributed by atoms with Gasteiger partial charge in [0, 0.05) is 19.8 Å². The molecule has 2 rings (SSSR count). The summed E-state index contributed by atoms with van der Waals surface area (Å²) < 4.78 is 5.13. The molecule has 2 aliphatic carbocycles. The molecule has 2 N–H and O–H groups in total. The van der Waals surface area contributed by atoms with Crippen molar-refractivity contribution in [2.75, 3.05) is 13.7 Å². The summed E-state index contributed by atoms with van der Waals surface area (Å²) in [4.78, 5) is 0. The summed E-state index contributed by atoms with van der Waals surface area (Å²) in [6.07, 6.45) is 6.89. The Kier molecular flexibility index (Phi) is 3.68. The quantitative estimate of drug-likeness (QED) is 0.758. The van der Waals surface area contributed by atoms with Crippen LogP contribution in [0.5, 0.6) is 0 Å². The Morgan fingerprint density at radius 3 is 2.40 bits per heavy atom. The highest BCUT2D eigenvalue weighted by Gasteiger charge is 2.53. The number of ether oxygens (including phenoxy) is 1. The largest absolute Gasteiger partial charge is 0.385 e. The summed E-state index contributed by atoms with van der Waals surface area (Å²) in [7, 11) is 1.77. The normalized spacial score (nSPS) is 38.2. The predicted molar refractivity (Wildman–Crippen MR) is 62.6 cm³/mol. The van der Waals surface area contributed by atoms with Crippen molar-refractivity contribution in [2.24, 2.45) is 29.4 Å². The summed E-state index contributed by atoms with van der Waals surface area (Å²) in [6.45, 7) is 3.14. The fraction of sp³-hybridized carbons (Fsp3) is 1.00. The molecule has 0 aromatic heterocycles. The molecule has 0 amide bonds. The second-order valence-electron chi connectivity index (χ2n) is 5.53. The number of methoxy groups -OCH3 is 1. The van der Waals surface area contributed by atoms with Crippen LogP contribution in [0.3, 0.4) is 0 Å². The van der Waals surface area contributed by atoms with E-state index in [9.17, 15) is 0 Å². The van der Waals surface area contributed by atoms with Gasteiger partial charge in [-0.2, -0.15) is 0 Å². The zero-order chi connectivity index (χ0) is 10.8. The Bertz CT molecular complexity index is 195. The minimum atomic E-state index is 0.424. The molecule has 88 valence electrons. The van der Waals surface area contributed by atoms with E-state index in [0.717, 1.165) is 30.8 Å². The van der Waals surface area contributed by atoms with Crippen LogP contribution < -0.4 is 5.73 Å². The van der Waals surface area contributed by atoms with Crippen molar-refractivity contribution < 1.29 is 4.74 Å². The molecule has 2 heteroatoms. The molecule has 2 nitrogen and oxygen atoms in total. The number of nitrogens with two attached hydrogens (primary N) is 1. The molecule has 2 saturated carbocycles. The van der Waals surface area contributed by atoms with E-state index in [4.69, 9.17) is 10.5 Å². The lowest BCUT2D eigenvalue weighted by molar-refractivity contribution is 0.171. The second kappa shape index (κ2) is 4.84. The zero-order valence-corrected chi connectivity index (χ0v) is 10.1. The van der Waals surface area contributed by atoms with Crippen LogP contribution in [-0.4, -0.2) is 19.8 Å². The van der Waals surface area contributed by atoms with Gasteiger partial charge in [-0.15, -0.1) is 0 Å². The molecule has 0 aliphatic heterocycles. The van der Waals surface area contributed by atoms with Gasteiger partial charge in [-0.25, -0.2) is 0 Å². The first kappa shape index (κ1) is 11.4. The molecule has 4 unspecified atom stereocenters. The lowest BCUT2D eigenvalue weighted by Crippen LogP contribution is -2.32. The van der Waals surface area contributed by atoms with E-state index in [1.807, 2.05) is 0 Å². The van der Waals surface area contributed by atoms with Crippen LogP contribution in [0.1, 0.15) is 39.0 Å². The summed E-state index contributed by atoms with van der Waals surface area (Å²) >= 11 is 0. The Morgan fingerprint density at radius 1 is 1.27 bits per heavy atom. The summed E-state index contributed by atoms with van der Waals surface area (Å²) in [6, 6.07) is 0.424. The summed E-state index contributed by atoms with van der Waals surface area (Å²) in [5.41, 5.74) is 6.37. The lowest BCUT2D eigenvalue weighted by atomic mass is 9.93. The zero-order valence-electron chi connectivity index (χ0n) is 10.1. The van der Waals surface area contributed by atoms with Gasteiger partial charge in [0.25, 0.3) is 0 Å². The van der Waals surface area contributed by atoms with Crippen LogP contribution >= 0.6 is 0 Å². The number of fused-ring (bicyclic) bond motifs is 1. The van der Waals surface area contributed by atoms with Crippen molar-refractivity contribution in [3.05, 3.63) is 0 Å². The SMILES string of the molecule is COCCC(C)C(N)C1C2CCCCC21. The number of rotatable bonds is 5. The standard InChI is InChI=1S/C13H25NO/c1-9(7-8-15-2)13(14)12-10-5-3-4-6-11(10)12/h9-13H,3-8,14H2,1-2H3. The van der Waals surface area contributed by atoms with E-state index in [1.54, 1.807) is 7.11 Å². The van der Waals surface area contributed by atoms with Crippen LogP contribution in [0.15, 0.2) is 0 Å². The Labute approximate surface area is 93.6 Å². The average molecular weight is 211 g/mol. The third-order valence-corrected chi connectivity index (χ3v) is 4.60. The van der Waals surface area contributed by atoms with E-state index in [2.05, 4.69) is 6.92 Å². The van der Waals surface area contributed by atoms with Crippen molar-refractivity contribution in [1.29, 1.82) is 0 Å². The first-order chi connectivity index (χ1) is 7.25. The minimum absolute atomic E-state index is 0.424. The van der Waals surface area contributed by atoms with Crippen LogP contribution in [0.4, 0.5) is 0 Å². The molecule has 0 aromatic carbocycles. The highest BCUT2D eigenvalue weighted by Crippen LogP contribution is 2.57. The third kappa shape index (κ3) is 2.36. The molecule has 4 atom stereocenters. The van der Waals surface area contributed by atoms with Gasteiger partial charge in [0.15, 0.2) is 0 Å². The molecular weight excluding hydrogens is 186 g/mol. The van der Waals surface area contributed by atoms with Gasteiger partial charge in [0.1, 0.15) is 0 Å². The second-order valence-corrected chi connectivity index (χ2v) is 5.53. The van der Waals surface area contributed by atoms with E-state index in [1.165, 1.54) is 25.7 Å². The average Bonchev–Trinajstić information content (AvgIpc) is 2.99. The van der Waals surface area contributed by atoms with Crippen LogP contribution in [0.25, 0.3) is 0 Å². The van der Waals surface area contributed by atoms with Crippen molar-refractivity contribution in [2.45, 2.75) is 45.1 Å². The van der Waals surface area contributed by atoms with Crippen LogP contribution in [0, 0.1) is 23.7 Å². The molecule has 0 saturated heterocycles. The van der Waals surface area contributed by atoms with Crippen molar-refractivity contribution in [3.8, 4) is 0 Å². The topological polar surface area (TPSA) is 35.2 Å². The molecule has 0 bridgehead atoms. The molecule has 15 heavy (non-hydrogen) atoms. The summed E-state index contributed by atoms with van der Waals surface area (Å²) in [5, 5.41) is 0. The maximum Gasteiger partial charge on any atom is 0.0465 e. The van der Waals surface area contributed by atoms with Crippen molar-refractivity contribution in [1.82, 2.24) is 0 Å². The minimum Gasteiger partial charge on any atom is -0.385 e. The van der Waals surface area contributed by atoms with E-state index in [0.29, 0.717) is 12.0 Å². The Balaban J connectivity index is 1.78. The molecule has 0 heterocycles. The van der Waals surface area contributed by atoms with Gasteiger partial charge in [-0.05, 0) is 42.9 Å². The lowest BCUT2D eigenvalue weighted by Gasteiger charge is -2.20. The molecule has 2 aliphatic rings. The maximum absolute atomic E-state index is 6.37. The first-order valence-corrected chi connectivity index (χ1v) is 6.50. The number of hydrogen-bond donors (Lipinski definition) is 1. The highest BCUT2D eigenvalue weighted by atomic mass is 16.5. The fourth-order valence-electron chi connectivity index (χ4n) is 3.49. The van der Waals surface area contributed by atoms with Gasteiger partial charge >= 0.3 is 0 Å². The van der Waals surface area contributed by atoms with Gasteiger partial charge in [0.05, 0.1) is 0 Å². The summed E-state index contributed by atoms with van der Waals surface area (Å²) in [5.74, 6) is 3.44. The first-order valence-electron chi connectivity index (χ1n) is 6.50. The Hall–Kier alpha value is -0.0800. The smallest absolute Gasteiger partial charge is 0.0465 e. The molecular formula is C13H25NO. The van der Waals surface area contributed by atoms with E-state index in [-0.39, 0.29) is 0 Å².